The Morgan fingerprint density at radius 3 is 2.73 bits per heavy atom. The molecule has 1 aliphatic rings. The van der Waals surface area contributed by atoms with Crippen LogP contribution in [0.15, 0.2) is 0 Å². The van der Waals surface area contributed by atoms with Gasteiger partial charge in [-0.1, -0.05) is 0 Å². The van der Waals surface area contributed by atoms with Crippen molar-refractivity contribution in [3.8, 4) is 0 Å². The van der Waals surface area contributed by atoms with Gasteiger partial charge in [-0.05, 0) is 0 Å². The van der Waals surface area contributed by atoms with Crippen LogP contribution in [-0.2, 0) is 19.0 Å². The Kier molecular flexibility index (Phi) is 4.46. The Hall–Kier alpha value is -0.690. The molecule has 15 heavy (non-hydrogen) atoms. The number of ether oxygens (including phenoxy) is 3. The average molecular weight is 220 g/mol. The minimum absolute atomic E-state index is 0.111. The predicted octanol–water partition coefficient (Wildman–Crippen LogP) is -1.31. The van der Waals surface area contributed by atoms with Crippen molar-refractivity contribution >= 4 is 5.97 Å². The number of esters is 1. The fourth-order valence-electron chi connectivity index (χ4n) is 1.61. The van der Waals surface area contributed by atoms with E-state index in [2.05, 4.69) is 0 Å². The van der Waals surface area contributed by atoms with Crippen LogP contribution < -0.4 is 0 Å². The van der Waals surface area contributed by atoms with Gasteiger partial charge >= 0.3 is 5.97 Å². The van der Waals surface area contributed by atoms with Crippen molar-refractivity contribution < 1.29 is 29.2 Å². The second-order valence-corrected chi connectivity index (χ2v) is 3.39. The highest BCUT2D eigenvalue weighted by atomic mass is 16.6. The molecule has 1 aliphatic heterocycles. The average Bonchev–Trinajstić information content (AvgIpc) is 2.18. The summed E-state index contributed by atoms with van der Waals surface area (Å²) >= 11 is 0. The van der Waals surface area contributed by atoms with Crippen LogP contribution >= 0.6 is 0 Å². The molecule has 0 aromatic heterocycles. The summed E-state index contributed by atoms with van der Waals surface area (Å²) in [6, 6.07) is 0. The van der Waals surface area contributed by atoms with Gasteiger partial charge in [0.05, 0.1) is 13.2 Å². The molecule has 2 unspecified atom stereocenters. The SMILES string of the molecule is CO[C@H]1C(OC(C)=O)COC(CO)[C@H]1O. The minimum Gasteiger partial charge on any atom is -0.457 e. The summed E-state index contributed by atoms with van der Waals surface area (Å²) in [4.78, 5) is 10.8. The van der Waals surface area contributed by atoms with Gasteiger partial charge < -0.3 is 24.4 Å². The van der Waals surface area contributed by atoms with Crippen LogP contribution in [0.3, 0.4) is 0 Å². The molecule has 0 amide bonds. The van der Waals surface area contributed by atoms with Gasteiger partial charge in [0.1, 0.15) is 18.3 Å². The van der Waals surface area contributed by atoms with E-state index in [4.69, 9.17) is 19.3 Å². The third-order valence-corrected chi connectivity index (χ3v) is 2.33. The maximum atomic E-state index is 10.8. The van der Waals surface area contributed by atoms with Gasteiger partial charge in [0.25, 0.3) is 0 Å². The molecule has 0 bridgehead atoms. The predicted molar refractivity (Wildman–Crippen MR) is 49.2 cm³/mol. The molecule has 0 aliphatic carbocycles. The van der Waals surface area contributed by atoms with Crippen molar-refractivity contribution in [2.75, 3.05) is 20.3 Å². The van der Waals surface area contributed by atoms with E-state index in [9.17, 15) is 9.90 Å². The van der Waals surface area contributed by atoms with E-state index in [0.717, 1.165) is 0 Å². The van der Waals surface area contributed by atoms with Gasteiger partial charge in [0.2, 0.25) is 0 Å². The van der Waals surface area contributed by atoms with E-state index in [-0.39, 0.29) is 13.2 Å². The van der Waals surface area contributed by atoms with Crippen LogP contribution in [-0.4, -0.2) is 60.9 Å². The zero-order valence-electron chi connectivity index (χ0n) is 8.75. The van der Waals surface area contributed by atoms with Gasteiger partial charge in [-0.3, -0.25) is 4.79 Å². The summed E-state index contributed by atoms with van der Waals surface area (Å²) in [6.45, 7) is 1.09. The number of carbonyl (C=O) groups is 1. The first-order valence-corrected chi connectivity index (χ1v) is 4.70. The Morgan fingerprint density at radius 1 is 1.60 bits per heavy atom. The molecule has 1 saturated heterocycles. The largest absolute Gasteiger partial charge is 0.457 e. The van der Waals surface area contributed by atoms with Gasteiger partial charge in [-0.15, -0.1) is 0 Å². The fraction of sp³-hybridized carbons (Fsp3) is 0.889. The van der Waals surface area contributed by atoms with Crippen molar-refractivity contribution in [2.45, 2.75) is 31.3 Å². The maximum Gasteiger partial charge on any atom is 0.303 e. The summed E-state index contributed by atoms with van der Waals surface area (Å²) in [7, 11) is 1.41. The van der Waals surface area contributed by atoms with Crippen molar-refractivity contribution in [1.29, 1.82) is 0 Å². The van der Waals surface area contributed by atoms with Gasteiger partial charge in [0.15, 0.2) is 6.10 Å². The summed E-state index contributed by atoms with van der Waals surface area (Å²) in [5, 5.41) is 18.6. The summed E-state index contributed by atoms with van der Waals surface area (Å²) in [6.07, 6.45) is -3.00. The highest BCUT2D eigenvalue weighted by molar-refractivity contribution is 5.66. The zero-order chi connectivity index (χ0) is 11.4. The molecule has 6 heteroatoms. The highest BCUT2D eigenvalue weighted by Crippen LogP contribution is 2.20. The van der Waals surface area contributed by atoms with Crippen LogP contribution in [0.1, 0.15) is 6.92 Å². The molecule has 88 valence electrons. The highest BCUT2D eigenvalue weighted by Gasteiger charge is 2.41. The Morgan fingerprint density at radius 2 is 2.27 bits per heavy atom. The summed E-state index contributed by atoms with van der Waals surface area (Å²) in [5.74, 6) is -0.458. The molecule has 0 saturated carbocycles. The van der Waals surface area contributed by atoms with Crippen molar-refractivity contribution in [3.05, 3.63) is 0 Å². The molecule has 6 nitrogen and oxygen atoms in total. The second kappa shape index (κ2) is 5.41. The number of methoxy groups -OCH3 is 1. The quantitative estimate of drug-likeness (QED) is 0.574. The van der Waals surface area contributed by atoms with E-state index in [0.29, 0.717) is 0 Å². The standard InChI is InChI=1S/C9H16O6/c1-5(11)15-7-4-14-6(3-10)8(12)9(7)13-2/h6-10,12H,3-4H2,1-2H3/t6?,7?,8-,9+/m1/s1. The molecule has 1 heterocycles. The maximum absolute atomic E-state index is 10.8. The first-order chi connectivity index (χ1) is 7.10. The Labute approximate surface area is 87.7 Å². The van der Waals surface area contributed by atoms with Crippen molar-refractivity contribution in [3.63, 3.8) is 0 Å². The van der Waals surface area contributed by atoms with Crippen molar-refractivity contribution in [2.24, 2.45) is 0 Å². The first-order valence-electron chi connectivity index (χ1n) is 4.70. The van der Waals surface area contributed by atoms with E-state index in [1.54, 1.807) is 0 Å². The van der Waals surface area contributed by atoms with Crippen molar-refractivity contribution in [1.82, 2.24) is 0 Å². The van der Waals surface area contributed by atoms with Gasteiger partial charge in [0, 0.05) is 14.0 Å². The Balaban J connectivity index is 2.63. The molecule has 0 aromatic carbocycles. The van der Waals surface area contributed by atoms with Crippen LogP contribution in [0.4, 0.5) is 0 Å². The summed E-state index contributed by atoms with van der Waals surface area (Å²) in [5.41, 5.74) is 0. The van der Waals surface area contributed by atoms with Crippen LogP contribution in [0.2, 0.25) is 0 Å². The normalized spacial score (nSPS) is 36.3. The molecule has 0 radical (unpaired) electrons. The minimum atomic E-state index is -1.00. The number of hydrogen-bond donors (Lipinski definition) is 2. The number of carbonyl (C=O) groups excluding carboxylic acids is 1. The fourth-order valence-corrected chi connectivity index (χ4v) is 1.61. The lowest BCUT2D eigenvalue weighted by molar-refractivity contribution is -0.216. The van der Waals surface area contributed by atoms with Crippen LogP contribution in [0.25, 0.3) is 0 Å². The lowest BCUT2D eigenvalue weighted by Crippen LogP contribution is -2.56. The van der Waals surface area contributed by atoms with E-state index < -0.39 is 30.4 Å². The first kappa shape index (κ1) is 12.4. The summed E-state index contributed by atoms with van der Waals surface area (Å²) < 4.78 is 15.1. The third kappa shape index (κ3) is 2.88. The molecule has 1 rings (SSSR count). The number of aliphatic hydroxyl groups is 2. The number of aliphatic hydroxyl groups excluding tert-OH is 2. The lowest BCUT2D eigenvalue weighted by atomic mass is 10.0. The second-order valence-electron chi connectivity index (χ2n) is 3.39. The number of rotatable bonds is 3. The molecule has 0 aromatic rings. The topological polar surface area (TPSA) is 85.2 Å². The molecule has 0 spiro atoms. The molecule has 2 N–H and O–H groups in total. The lowest BCUT2D eigenvalue weighted by Gasteiger charge is -2.37. The molecule has 4 atom stereocenters. The van der Waals surface area contributed by atoms with E-state index >= 15 is 0 Å². The molecular formula is C9H16O6. The van der Waals surface area contributed by atoms with Crippen LogP contribution in [0, 0.1) is 0 Å². The van der Waals surface area contributed by atoms with E-state index in [1.165, 1.54) is 14.0 Å². The Bertz CT molecular complexity index is 219. The third-order valence-electron chi connectivity index (χ3n) is 2.33. The molecule has 1 fully saturated rings. The van der Waals surface area contributed by atoms with Crippen LogP contribution in [0.5, 0.6) is 0 Å². The monoisotopic (exact) mass is 220 g/mol. The number of hydrogen-bond acceptors (Lipinski definition) is 6. The molecular weight excluding hydrogens is 204 g/mol. The smallest absolute Gasteiger partial charge is 0.303 e. The van der Waals surface area contributed by atoms with Gasteiger partial charge in [-0.25, -0.2) is 0 Å². The van der Waals surface area contributed by atoms with Gasteiger partial charge in [-0.2, -0.15) is 0 Å². The van der Waals surface area contributed by atoms with E-state index in [1.807, 2.05) is 0 Å². The zero-order valence-corrected chi connectivity index (χ0v) is 8.75.